The van der Waals surface area contributed by atoms with Crippen molar-refractivity contribution in [1.82, 2.24) is 5.32 Å². The van der Waals surface area contributed by atoms with Gasteiger partial charge in [-0.2, -0.15) is 0 Å². The molecule has 1 N–H and O–H groups in total. The number of hydrogen-bond acceptors (Lipinski definition) is 2. The van der Waals surface area contributed by atoms with Gasteiger partial charge in [-0.1, -0.05) is 43.6 Å². The first kappa shape index (κ1) is 15.1. The Kier molecular flexibility index (Phi) is 5.27. The van der Waals surface area contributed by atoms with Gasteiger partial charge in [0.1, 0.15) is 11.5 Å². The molecule has 2 aromatic rings. The summed E-state index contributed by atoms with van der Waals surface area (Å²) in [7, 11) is 0. The second-order valence-electron chi connectivity index (χ2n) is 5.02. The third-order valence-electron chi connectivity index (χ3n) is 3.45. The molecule has 2 rings (SSSR count). The first-order valence-corrected chi connectivity index (χ1v) is 7.62. The molecule has 1 atom stereocenters. The van der Waals surface area contributed by atoms with Crippen molar-refractivity contribution in [1.29, 1.82) is 0 Å². The maximum atomic E-state index is 6.48. The van der Waals surface area contributed by atoms with Crippen molar-refractivity contribution >= 4 is 11.6 Å². The predicted octanol–water partition coefficient (Wildman–Crippen LogP) is 4.89. The molecule has 0 saturated heterocycles. The van der Waals surface area contributed by atoms with Crippen LogP contribution in [0.4, 0.5) is 0 Å². The van der Waals surface area contributed by atoms with E-state index < -0.39 is 0 Å². The lowest BCUT2D eigenvalue weighted by Gasteiger charge is -2.19. The molecule has 0 aliphatic rings. The molecule has 1 aromatic heterocycles. The van der Waals surface area contributed by atoms with Gasteiger partial charge in [-0.15, -0.1) is 0 Å². The Morgan fingerprint density at radius 1 is 1.20 bits per heavy atom. The number of hydrogen-bond donors (Lipinski definition) is 1. The Hall–Kier alpha value is -1.25. The van der Waals surface area contributed by atoms with E-state index in [2.05, 4.69) is 25.2 Å². The van der Waals surface area contributed by atoms with Gasteiger partial charge in [-0.3, -0.25) is 0 Å². The minimum absolute atomic E-state index is 0.0163. The summed E-state index contributed by atoms with van der Waals surface area (Å²) in [5.41, 5.74) is 2.17. The lowest BCUT2D eigenvalue weighted by atomic mass is 10.0. The molecule has 0 radical (unpaired) electrons. The highest BCUT2D eigenvalue weighted by atomic mass is 35.5. The maximum Gasteiger partial charge on any atom is 0.125 e. The number of halogens is 1. The molecule has 1 aromatic carbocycles. The van der Waals surface area contributed by atoms with E-state index >= 15 is 0 Å². The fourth-order valence-corrected chi connectivity index (χ4v) is 2.52. The molecule has 0 spiro atoms. The van der Waals surface area contributed by atoms with Gasteiger partial charge >= 0.3 is 0 Å². The van der Waals surface area contributed by atoms with Crippen LogP contribution in [0.5, 0.6) is 0 Å². The first-order chi connectivity index (χ1) is 9.67. The molecule has 108 valence electrons. The molecule has 0 aliphatic carbocycles. The third kappa shape index (κ3) is 3.25. The van der Waals surface area contributed by atoms with Crippen molar-refractivity contribution in [2.75, 3.05) is 6.54 Å². The van der Waals surface area contributed by atoms with Gasteiger partial charge in [0.15, 0.2) is 0 Å². The topological polar surface area (TPSA) is 25.2 Å². The van der Waals surface area contributed by atoms with E-state index in [4.69, 9.17) is 16.0 Å². The summed E-state index contributed by atoms with van der Waals surface area (Å²) in [6, 6.07) is 10.2. The number of furan rings is 1. The van der Waals surface area contributed by atoms with Crippen molar-refractivity contribution in [2.45, 2.75) is 39.7 Å². The zero-order valence-corrected chi connectivity index (χ0v) is 13.1. The number of nitrogens with one attached hydrogen (secondary N) is 1. The van der Waals surface area contributed by atoms with E-state index in [1.54, 1.807) is 0 Å². The van der Waals surface area contributed by atoms with Crippen LogP contribution in [-0.2, 0) is 6.42 Å². The molecule has 0 fully saturated rings. The average Bonchev–Trinajstić information content (AvgIpc) is 2.92. The van der Waals surface area contributed by atoms with Gasteiger partial charge < -0.3 is 9.73 Å². The molecule has 0 saturated carbocycles. The van der Waals surface area contributed by atoms with E-state index in [1.165, 1.54) is 0 Å². The smallest absolute Gasteiger partial charge is 0.125 e. The van der Waals surface area contributed by atoms with Gasteiger partial charge in [-0.05, 0) is 43.1 Å². The van der Waals surface area contributed by atoms with E-state index in [9.17, 15) is 0 Å². The largest absolute Gasteiger partial charge is 0.464 e. The van der Waals surface area contributed by atoms with Gasteiger partial charge in [0.2, 0.25) is 0 Å². The van der Waals surface area contributed by atoms with E-state index in [0.717, 1.165) is 47.1 Å². The quantitative estimate of drug-likeness (QED) is 0.819. The van der Waals surface area contributed by atoms with E-state index in [-0.39, 0.29) is 6.04 Å². The van der Waals surface area contributed by atoms with E-state index in [1.807, 2.05) is 31.2 Å². The van der Waals surface area contributed by atoms with Crippen LogP contribution in [0.15, 0.2) is 34.7 Å². The normalized spacial score (nSPS) is 12.6. The number of rotatable bonds is 6. The van der Waals surface area contributed by atoms with Crippen LogP contribution in [0.25, 0.3) is 0 Å². The second-order valence-corrected chi connectivity index (χ2v) is 5.40. The zero-order valence-electron chi connectivity index (χ0n) is 12.4. The van der Waals surface area contributed by atoms with Crippen LogP contribution >= 0.6 is 11.6 Å². The molecule has 0 bridgehead atoms. The summed E-state index contributed by atoms with van der Waals surface area (Å²) >= 11 is 6.48. The highest BCUT2D eigenvalue weighted by Crippen LogP contribution is 2.31. The highest BCUT2D eigenvalue weighted by Gasteiger charge is 2.20. The van der Waals surface area contributed by atoms with Gasteiger partial charge in [0.05, 0.1) is 6.04 Å². The van der Waals surface area contributed by atoms with Gasteiger partial charge in [0.25, 0.3) is 0 Å². The Morgan fingerprint density at radius 2 is 2.00 bits per heavy atom. The van der Waals surface area contributed by atoms with Crippen LogP contribution in [0.1, 0.15) is 49.0 Å². The molecule has 1 unspecified atom stereocenters. The summed E-state index contributed by atoms with van der Waals surface area (Å²) < 4.78 is 5.92. The van der Waals surface area contributed by atoms with Crippen molar-refractivity contribution in [3.63, 3.8) is 0 Å². The Balaban J connectivity index is 2.38. The molecule has 0 aliphatic heterocycles. The summed E-state index contributed by atoms with van der Waals surface area (Å²) in [5.74, 6) is 1.94. The first-order valence-electron chi connectivity index (χ1n) is 7.24. The van der Waals surface area contributed by atoms with Gasteiger partial charge in [-0.25, -0.2) is 0 Å². The third-order valence-corrected chi connectivity index (χ3v) is 3.96. The highest BCUT2D eigenvalue weighted by molar-refractivity contribution is 6.32. The Labute approximate surface area is 126 Å². The van der Waals surface area contributed by atoms with Crippen molar-refractivity contribution < 1.29 is 4.42 Å². The minimum atomic E-state index is 0.0163. The number of benzene rings is 1. The maximum absolute atomic E-state index is 6.48. The zero-order chi connectivity index (χ0) is 14.5. The Bertz CT molecular complexity index is 562. The lowest BCUT2D eigenvalue weighted by molar-refractivity contribution is 0.422. The molecule has 2 nitrogen and oxygen atoms in total. The summed E-state index contributed by atoms with van der Waals surface area (Å²) in [6.07, 6.45) is 1.98. The molecule has 20 heavy (non-hydrogen) atoms. The summed E-state index contributed by atoms with van der Waals surface area (Å²) in [4.78, 5) is 0. The van der Waals surface area contributed by atoms with Crippen LogP contribution in [-0.4, -0.2) is 6.54 Å². The summed E-state index contributed by atoms with van der Waals surface area (Å²) in [5, 5.41) is 4.34. The van der Waals surface area contributed by atoms with Gasteiger partial charge in [0, 0.05) is 11.4 Å². The van der Waals surface area contributed by atoms with Crippen LogP contribution < -0.4 is 5.32 Å². The Morgan fingerprint density at radius 3 is 2.65 bits per heavy atom. The second kappa shape index (κ2) is 6.96. The minimum Gasteiger partial charge on any atom is -0.464 e. The SMILES string of the molecule is CCCNC(c1ccc(CC)o1)c1cccc(C)c1Cl. The van der Waals surface area contributed by atoms with Crippen LogP contribution in [0, 0.1) is 6.92 Å². The molecule has 1 heterocycles. The average molecular weight is 292 g/mol. The van der Waals surface area contributed by atoms with E-state index in [0.29, 0.717) is 0 Å². The molecule has 3 heteroatoms. The molecular weight excluding hydrogens is 270 g/mol. The molecular formula is C17H22ClNO. The fraction of sp³-hybridized carbons (Fsp3) is 0.412. The molecule has 0 amide bonds. The van der Waals surface area contributed by atoms with Crippen molar-refractivity contribution in [3.8, 4) is 0 Å². The predicted molar refractivity (Wildman–Crippen MR) is 84.4 cm³/mol. The van der Waals surface area contributed by atoms with Crippen LogP contribution in [0.2, 0.25) is 5.02 Å². The fourth-order valence-electron chi connectivity index (χ4n) is 2.29. The van der Waals surface area contributed by atoms with Crippen LogP contribution in [0.3, 0.4) is 0 Å². The standard InChI is InChI=1S/C17H22ClNO/c1-4-11-19-17(15-10-9-13(5-2)20-15)14-8-6-7-12(3)16(14)18/h6-10,17,19H,4-5,11H2,1-3H3. The van der Waals surface area contributed by atoms with Crippen molar-refractivity contribution in [2.24, 2.45) is 0 Å². The number of aryl methyl sites for hydroxylation is 2. The lowest BCUT2D eigenvalue weighted by Crippen LogP contribution is -2.23. The van der Waals surface area contributed by atoms with Crippen molar-refractivity contribution in [3.05, 3.63) is 58.0 Å². The summed E-state index contributed by atoms with van der Waals surface area (Å²) in [6.45, 7) is 7.21. The monoisotopic (exact) mass is 291 g/mol.